The Morgan fingerprint density at radius 1 is 1.07 bits per heavy atom. The normalized spacial score (nSPS) is 10.5. The first-order valence-corrected chi connectivity index (χ1v) is 8.20. The van der Waals surface area contributed by atoms with Crippen molar-refractivity contribution in [1.29, 1.82) is 0 Å². The quantitative estimate of drug-likeness (QED) is 0.618. The molecular weight excluding hydrogens is 360 g/mol. The number of amides is 1. The molecule has 0 heterocycles. The molecule has 1 amide bonds. The van der Waals surface area contributed by atoms with Crippen molar-refractivity contribution >= 4 is 11.9 Å². The van der Waals surface area contributed by atoms with Crippen LogP contribution in [-0.4, -0.2) is 30.2 Å². The van der Waals surface area contributed by atoms with Gasteiger partial charge in [-0.15, -0.1) is 0 Å². The molecule has 144 valence electrons. The van der Waals surface area contributed by atoms with Crippen LogP contribution >= 0.6 is 0 Å². The lowest BCUT2D eigenvalue weighted by Gasteiger charge is -2.09. The van der Waals surface area contributed by atoms with Crippen LogP contribution in [0.2, 0.25) is 0 Å². The van der Waals surface area contributed by atoms with E-state index >= 15 is 0 Å². The second-order valence-electron chi connectivity index (χ2n) is 5.58. The number of carbonyl (C=O) groups is 2. The Labute approximate surface area is 154 Å². The van der Waals surface area contributed by atoms with E-state index < -0.39 is 18.5 Å². The Bertz CT molecular complexity index is 765. The van der Waals surface area contributed by atoms with Gasteiger partial charge in [0.15, 0.2) is 0 Å². The third-order valence-electron chi connectivity index (χ3n) is 3.50. The first-order chi connectivity index (χ1) is 12.9. The highest BCUT2D eigenvalue weighted by Crippen LogP contribution is 2.16. The first kappa shape index (κ1) is 20.2. The van der Waals surface area contributed by atoms with Gasteiger partial charge < -0.3 is 19.9 Å². The number of alkyl halides is 2. The Kier molecular flexibility index (Phi) is 7.54. The number of carboxylic acids is 1. The average Bonchev–Trinajstić information content (AvgIpc) is 2.64. The standard InChI is InChI=1S/C19H19F2NO5/c20-19(21)27-16-4-1-3-14(11-16)18(25)22-12-13-6-8-15(9-7-13)26-10-2-5-17(23)24/h1,3-4,6-9,11,19H,2,5,10,12H2,(H,22,25)(H,23,24). The van der Waals surface area contributed by atoms with Crippen molar-refractivity contribution < 1.29 is 33.0 Å². The minimum atomic E-state index is -2.95. The molecule has 2 aromatic carbocycles. The topological polar surface area (TPSA) is 84.9 Å². The molecule has 2 aromatic rings. The fourth-order valence-electron chi connectivity index (χ4n) is 2.21. The molecular formula is C19H19F2NO5. The average molecular weight is 379 g/mol. The number of aliphatic carboxylic acids is 1. The SMILES string of the molecule is O=C(O)CCCOc1ccc(CNC(=O)c2cccc(OC(F)F)c2)cc1. The molecule has 0 bridgehead atoms. The number of ether oxygens (including phenoxy) is 2. The largest absolute Gasteiger partial charge is 0.494 e. The molecule has 0 aliphatic carbocycles. The van der Waals surface area contributed by atoms with Crippen molar-refractivity contribution in [3.05, 3.63) is 59.7 Å². The maximum atomic E-state index is 12.2. The van der Waals surface area contributed by atoms with Crippen molar-refractivity contribution in [2.24, 2.45) is 0 Å². The summed E-state index contributed by atoms with van der Waals surface area (Å²) >= 11 is 0. The number of carbonyl (C=O) groups excluding carboxylic acids is 1. The summed E-state index contributed by atoms with van der Waals surface area (Å²) in [4.78, 5) is 22.5. The lowest BCUT2D eigenvalue weighted by Crippen LogP contribution is -2.22. The van der Waals surface area contributed by atoms with Gasteiger partial charge in [0, 0.05) is 18.5 Å². The van der Waals surface area contributed by atoms with Crippen LogP contribution in [0, 0.1) is 0 Å². The molecule has 0 aliphatic rings. The fourth-order valence-corrected chi connectivity index (χ4v) is 2.21. The monoisotopic (exact) mass is 379 g/mol. The summed E-state index contributed by atoms with van der Waals surface area (Å²) in [5.41, 5.74) is 1.03. The summed E-state index contributed by atoms with van der Waals surface area (Å²) < 4.78 is 34.2. The second-order valence-corrected chi connectivity index (χ2v) is 5.58. The third kappa shape index (κ3) is 7.31. The van der Waals surface area contributed by atoms with Gasteiger partial charge in [-0.2, -0.15) is 8.78 Å². The summed E-state index contributed by atoms with van der Waals surface area (Å²) in [7, 11) is 0. The van der Waals surface area contributed by atoms with Crippen molar-refractivity contribution in [3.63, 3.8) is 0 Å². The Morgan fingerprint density at radius 2 is 1.81 bits per heavy atom. The maximum Gasteiger partial charge on any atom is 0.387 e. The molecule has 0 spiro atoms. The van der Waals surface area contributed by atoms with E-state index in [1.807, 2.05) is 0 Å². The highest BCUT2D eigenvalue weighted by molar-refractivity contribution is 5.94. The zero-order valence-corrected chi connectivity index (χ0v) is 14.4. The second kappa shape index (κ2) is 10.1. The summed E-state index contributed by atoms with van der Waals surface area (Å²) in [6.07, 6.45) is 0.467. The first-order valence-electron chi connectivity index (χ1n) is 8.20. The Balaban J connectivity index is 1.82. The Morgan fingerprint density at radius 3 is 2.48 bits per heavy atom. The van der Waals surface area contributed by atoms with Crippen LogP contribution in [-0.2, 0) is 11.3 Å². The molecule has 27 heavy (non-hydrogen) atoms. The van der Waals surface area contributed by atoms with Gasteiger partial charge in [0.1, 0.15) is 11.5 Å². The van der Waals surface area contributed by atoms with Crippen LogP contribution in [0.4, 0.5) is 8.78 Å². The van der Waals surface area contributed by atoms with E-state index in [9.17, 15) is 18.4 Å². The predicted molar refractivity (Wildman–Crippen MR) is 93.1 cm³/mol. The summed E-state index contributed by atoms with van der Waals surface area (Å²) in [6.45, 7) is -2.40. The molecule has 0 atom stereocenters. The third-order valence-corrected chi connectivity index (χ3v) is 3.50. The number of halogens is 2. The van der Waals surface area contributed by atoms with E-state index in [1.54, 1.807) is 24.3 Å². The number of benzene rings is 2. The molecule has 0 unspecified atom stereocenters. The highest BCUT2D eigenvalue weighted by atomic mass is 19.3. The van der Waals surface area contributed by atoms with E-state index in [1.165, 1.54) is 24.3 Å². The molecule has 6 nitrogen and oxygen atoms in total. The number of rotatable bonds is 10. The van der Waals surface area contributed by atoms with E-state index in [0.29, 0.717) is 18.8 Å². The lowest BCUT2D eigenvalue weighted by molar-refractivity contribution is -0.137. The summed E-state index contributed by atoms with van der Waals surface area (Å²) in [6, 6.07) is 12.5. The smallest absolute Gasteiger partial charge is 0.387 e. The number of hydrogen-bond acceptors (Lipinski definition) is 4. The fraction of sp³-hybridized carbons (Fsp3) is 0.263. The number of hydrogen-bond donors (Lipinski definition) is 2. The molecule has 0 saturated carbocycles. The molecule has 2 rings (SSSR count). The van der Waals surface area contributed by atoms with Gasteiger partial charge in [0.2, 0.25) is 0 Å². The van der Waals surface area contributed by atoms with Crippen molar-refractivity contribution in [1.82, 2.24) is 5.32 Å². The number of carboxylic acid groups (broad SMARTS) is 1. The highest BCUT2D eigenvalue weighted by Gasteiger charge is 2.09. The molecule has 0 aromatic heterocycles. The molecule has 2 N–H and O–H groups in total. The predicted octanol–water partition coefficient (Wildman–Crippen LogP) is 3.46. The molecule has 8 heteroatoms. The molecule has 0 fully saturated rings. The lowest BCUT2D eigenvalue weighted by atomic mass is 10.2. The van der Waals surface area contributed by atoms with E-state index in [0.717, 1.165) is 5.56 Å². The van der Waals surface area contributed by atoms with Gasteiger partial charge in [-0.05, 0) is 42.3 Å². The van der Waals surface area contributed by atoms with Crippen molar-refractivity contribution in [3.8, 4) is 11.5 Å². The Hall–Kier alpha value is -3.16. The van der Waals surface area contributed by atoms with Crippen molar-refractivity contribution in [2.75, 3.05) is 6.61 Å². The van der Waals surface area contributed by atoms with Crippen LogP contribution in [0.15, 0.2) is 48.5 Å². The van der Waals surface area contributed by atoms with E-state index in [-0.39, 0.29) is 24.3 Å². The maximum absolute atomic E-state index is 12.2. The summed E-state index contributed by atoms with van der Waals surface area (Å²) in [5.74, 6) is -0.755. The molecule has 0 radical (unpaired) electrons. The van der Waals surface area contributed by atoms with Crippen LogP contribution < -0.4 is 14.8 Å². The van der Waals surface area contributed by atoms with Gasteiger partial charge in [-0.3, -0.25) is 9.59 Å². The zero-order chi connectivity index (χ0) is 19.6. The van der Waals surface area contributed by atoms with Gasteiger partial charge in [0.05, 0.1) is 6.61 Å². The van der Waals surface area contributed by atoms with Crippen LogP contribution in [0.5, 0.6) is 11.5 Å². The van der Waals surface area contributed by atoms with Crippen LogP contribution in [0.1, 0.15) is 28.8 Å². The van der Waals surface area contributed by atoms with Gasteiger partial charge in [0.25, 0.3) is 5.91 Å². The van der Waals surface area contributed by atoms with Crippen molar-refractivity contribution in [2.45, 2.75) is 26.0 Å². The van der Waals surface area contributed by atoms with Gasteiger partial charge >= 0.3 is 12.6 Å². The van der Waals surface area contributed by atoms with Crippen LogP contribution in [0.3, 0.4) is 0 Å². The van der Waals surface area contributed by atoms with Crippen LogP contribution in [0.25, 0.3) is 0 Å². The minimum absolute atomic E-state index is 0.0493. The van der Waals surface area contributed by atoms with E-state index in [2.05, 4.69) is 10.1 Å². The molecule has 0 aliphatic heterocycles. The van der Waals surface area contributed by atoms with Gasteiger partial charge in [-0.1, -0.05) is 18.2 Å². The zero-order valence-electron chi connectivity index (χ0n) is 14.4. The summed E-state index contributed by atoms with van der Waals surface area (Å²) in [5, 5.41) is 11.2. The minimum Gasteiger partial charge on any atom is -0.494 e. The van der Waals surface area contributed by atoms with Gasteiger partial charge in [-0.25, -0.2) is 0 Å². The number of nitrogens with one attached hydrogen (secondary N) is 1. The molecule has 0 saturated heterocycles. The van der Waals surface area contributed by atoms with E-state index in [4.69, 9.17) is 9.84 Å².